The van der Waals surface area contributed by atoms with Crippen LogP contribution in [0.5, 0.6) is 0 Å². The van der Waals surface area contributed by atoms with Gasteiger partial charge >= 0.3 is 0 Å². The second kappa shape index (κ2) is 8.24. The Morgan fingerprint density at radius 2 is 1.92 bits per heavy atom. The Morgan fingerprint density at radius 1 is 1.24 bits per heavy atom. The van der Waals surface area contributed by atoms with Crippen molar-refractivity contribution >= 4 is 21.8 Å². The average molecular weight is 366 g/mol. The van der Waals surface area contributed by atoms with Gasteiger partial charge in [-0.25, -0.2) is 8.42 Å². The molecule has 1 fully saturated rings. The van der Waals surface area contributed by atoms with E-state index in [0.717, 1.165) is 0 Å². The number of hydrogen-bond acceptors (Lipinski definition) is 5. The Balaban J connectivity index is 2.11. The molecule has 1 heterocycles. The highest BCUT2D eigenvalue weighted by atomic mass is 32.2. The smallest absolute Gasteiger partial charge is 0.251 e. The molecule has 1 saturated heterocycles. The molecule has 1 aliphatic heterocycles. The van der Waals surface area contributed by atoms with Crippen LogP contribution < -0.4 is 11.1 Å². The predicted molar refractivity (Wildman–Crippen MR) is 93.4 cm³/mol. The van der Waals surface area contributed by atoms with Gasteiger partial charge < -0.3 is 11.1 Å². The van der Waals surface area contributed by atoms with Crippen LogP contribution in [0.25, 0.3) is 0 Å². The molecule has 0 radical (unpaired) electrons. The number of piperazine rings is 1. The summed E-state index contributed by atoms with van der Waals surface area (Å²) in [7, 11) is -3.70. The molecule has 25 heavy (non-hydrogen) atoms. The van der Waals surface area contributed by atoms with Gasteiger partial charge in [-0.3, -0.25) is 14.5 Å². The molecular formula is C16H22N4O4S. The number of nitrogens with zero attached hydrogens (tertiary/aromatic N) is 2. The quantitative estimate of drug-likeness (QED) is 0.626. The van der Waals surface area contributed by atoms with E-state index in [1.54, 1.807) is 18.2 Å². The molecule has 0 aliphatic carbocycles. The average Bonchev–Trinajstić information content (AvgIpc) is 2.59. The van der Waals surface area contributed by atoms with Gasteiger partial charge in [0.15, 0.2) is 0 Å². The third-order valence-electron chi connectivity index (χ3n) is 3.85. The molecule has 2 rings (SSSR count). The molecule has 8 nitrogen and oxygen atoms in total. The standard InChI is InChI=1S/C16H22N4O4S/c1-2-6-18-16(22)13-4-3-5-14(11-13)25(23,24)20-9-7-19(8-10-20)12-15(17)21/h2-5,11H,1,6-10,12H2,(H2,17,21)(H,18,22). The van der Waals surface area contributed by atoms with Gasteiger partial charge in [-0.05, 0) is 18.2 Å². The minimum absolute atomic E-state index is 0.0714. The van der Waals surface area contributed by atoms with Crippen LogP contribution in [0.1, 0.15) is 10.4 Å². The second-order valence-electron chi connectivity index (χ2n) is 5.67. The third kappa shape index (κ3) is 4.88. The van der Waals surface area contributed by atoms with Crippen LogP contribution in [0, 0.1) is 0 Å². The number of sulfonamides is 1. The van der Waals surface area contributed by atoms with Crippen molar-refractivity contribution in [2.45, 2.75) is 4.90 Å². The van der Waals surface area contributed by atoms with Gasteiger partial charge in [0.05, 0.1) is 11.4 Å². The summed E-state index contributed by atoms with van der Waals surface area (Å²) in [5.41, 5.74) is 5.43. The van der Waals surface area contributed by atoms with Crippen LogP contribution in [0.15, 0.2) is 41.8 Å². The Labute approximate surface area is 147 Å². The molecule has 9 heteroatoms. The van der Waals surface area contributed by atoms with E-state index in [2.05, 4.69) is 11.9 Å². The van der Waals surface area contributed by atoms with E-state index in [4.69, 9.17) is 5.73 Å². The first-order chi connectivity index (χ1) is 11.8. The van der Waals surface area contributed by atoms with Gasteiger partial charge in [0.1, 0.15) is 0 Å². The lowest BCUT2D eigenvalue weighted by Crippen LogP contribution is -2.50. The molecule has 0 bridgehead atoms. The zero-order valence-corrected chi connectivity index (χ0v) is 14.7. The number of nitrogens with two attached hydrogens (primary N) is 1. The molecule has 0 aromatic heterocycles. The van der Waals surface area contributed by atoms with E-state index in [1.807, 2.05) is 4.90 Å². The SMILES string of the molecule is C=CCNC(=O)c1cccc(S(=O)(=O)N2CCN(CC(N)=O)CC2)c1. The summed E-state index contributed by atoms with van der Waals surface area (Å²) in [6, 6.07) is 5.93. The fraction of sp³-hybridized carbons (Fsp3) is 0.375. The van der Waals surface area contributed by atoms with Crippen LogP contribution in [-0.2, 0) is 14.8 Å². The lowest BCUT2D eigenvalue weighted by atomic mass is 10.2. The van der Waals surface area contributed by atoms with Crippen LogP contribution in [0.2, 0.25) is 0 Å². The predicted octanol–water partition coefficient (Wildman–Crippen LogP) is -0.606. The number of nitrogens with one attached hydrogen (secondary N) is 1. The van der Waals surface area contributed by atoms with E-state index in [1.165, 1.54) is 16.4 Å². The van der Waals surface area contributed by atoms with Crippen LogP contribution in [-0.4, -0.2) is 68.7 Å². The highest BCUT2D eigenvalue weighted by Gasteiger charge is 2.29. The number of hydrogen-bond donors (Lipinski definition) is 2. The van der Waals surface area contributed by atoms with E-state index < -0.39 is 15.9 Å². The fourth-order valence-electron chi connectivity index (χ4n) is 2.56. The largest absolute Gasteiger partial charge is 0.369 e. The molecule has 0 spiro atoms. The highest BCUT2D eigenvalue weighted by Crippen LogP contribution is 2.19. The fourth-order valence-corrected chi connectivity index (χ4v) is 4.03. The normalized spacial score (nSPS) is 16.3. The maximum Gasteiger partial charge on any atom is 0.251 e. The zero-order chi connectivity index (χ0) is 18.4. The van der Waals surface area contributed by atoms with E-state index in [9.17, 15) is 18.0 Å². The van der Waals surface area contributed by atoms with Crippen LogP contribution in [0.3, 0.4) is 0 Å². The maximum atomic E-state index is 12.8. The van der Waals surface area contributed by atoms with Crippen molar-refractivity contribution in [3.8, 4) is 0 Å². The van der Waals surface area contributed by atoms with Gasteiger partial charge in [-0.2, -0.15) is 4.31 Å². The number of benzene rings is 1. The first-order valence-corrected chi connectivity index (χ1v) is 9.28. The van der Waals surface area contributed by atoms with Crippen molar-refractivity contribution in [1.82, 2.24) is 14.5 Å². The molecule has 1 aromatic rings. The van der Waals surface area contributed by atoms with Crippen molar-refractivity contribution in [3.63, 3.8) is 0 Å². The number of carbonyl (C=O) groups is 2. The number of rotatable bonds is 7. The van der Waals surface area contributed by atoms with Gasteiger partial charge in [0.25, 0.3) is 5.91 Å². The van der Waals surface area contributed by atoms with Crippen molar-refractivity contribution in [2.24, 2.45) is 5.73 Å². The molecule has 1 aromatic carbocycles. The lowest BCUT2D eigenvalue weighted by molar-refractivity contribution is -0.119. The van der Waals surface area contributed by atoms with E-state index in [0.29, 0.717) is 19.6 Å². The summed E-state index contributed by atoms with van der Waals surface area (Å²) in [6.45, 7) is 5.34. The minimum atomic E-state index is -3.70. The zero-order valence-electron chi connectivity index (χ0n) is 13.8. The lowest BCUT2D eigenvalue weighted by Gasteiger charge is -2.33. The van der Waals surface area contributed by atoms with Gasteiger partial charge in [-0.15, -0.1) is 6.58 Å². The van der Waals surface area contributed by atoms with Gasteiger partial charge in [0, 0.05) is 38.3 Å². The molecule has 0 unspecified atom stereocenters. The third-order valence-corrected chi connectivity index (χ3v) is 5.75. The van der Waals surface area contributed by atoms with Gasteiger partial charge in [0.2, 0.25) is 15.9 Å². The topological polar surface area (TPSA) is 113 Å². The molecule has 3 N–H and O–H groups in total. The molecule has 136 valence electrons. The van der Waals surface area contributed by atoms with Crippen molar-refractivity contribution in [3.05, 3.63) is 42.5 Å². The summed E-state index contributed by atoms with van der Waals surface area (Å²) in [5.74, 6) is -0.794. The summed E-state index contributed by atoms with van der Waals surface area (Å²) in [6.07, 6.45) is 1.55. The van der Waals surface area contributed by atoms with E-state index in [-0.39, 0.29) is 36.0 Å². The number of amides is 2. The molecule has 0 saturated carbocycles. The summed E-state index contributed by atoms with van der Waals surface area (Å²) >= 11 is 0. The molecular weight excluding hydrogens is 344 g/mol. The van der Waals surface area contributed by atoms with E-state index >= 15 is 0 Å². The Hall–Kier alpha value is -2.23. The van der Waals surface area contributed by atoms with Crippen LogP contribution >= 0.6 is 0 Å². The molecule has 2 amide bonds. The first kappa shape index (κ1) is 19.1. The van der Waals surface area contributed by atoms with Crippen molar-refractivity contribution < 1.29 is 18.0 Å². The molecule has 0 atom stereocenters. The highest BCUT2D eigenvalue weighted by molar-refractivity contribution is 7.89. The monoisotopic (exact) mass is 366 g/mol. The Bertz CT molecular complexity index is 755. The molecule has 1 aliphatic rings. The first-order valence-electron chi connectivity index (χ1n) is 7.84. The van der Waals surface area contributed by atoms with Gasteiger partial charge in [-0.1, -0.05) is 12.1 Å². The summed E-state index contributed by atoms with van der Waals surface area (Å²) in [5, 5.41) is 2.61. The second-order valence-corrected chi connectivity index (χ2v) is 7.61. The Morgan fingerprint density at radius 3 is 2.52 bits per heavy atom. The summed E-state index contributed by atoms with van der Waals surface area (Å²) < 4.78 is 26.9. The van der Waals surface area contributed by atoms with Crippen molar-refractivity contribution in [2.75, 3.05) is 39.3 Å². The number of primary amides is 1. The summed E-state index contributed by atoms with van der Waals surface area (Å²) in [4.78, 5) is 24.8. The van der Waals surface area contributed by atoms with Crippen LogP contribution in [0.4, 0.5) is 0 Å². The Kier molecular flexibility index (Phi) is 6.29. The maximum absolute atomic E-state index is 12.8. The van der Waals surface area contributed by atoms with Crippen molar-refractivity contribution in [1.29, 1.82) is 0 Å². The minimum Gasteiger partial charge on any atom is -0.369 e. The number of carbonyl (C=O) groups excluding carboxylic acids is 2.